The first kappa shape index (κ1) is 9.51. The van der Waals surface area contributed by atoms with E-state index >= 15 is 0 Å². The van der Waals surface area contributed by atoms with Gasteiger partial charge in [-0.25, -0.2) is 0 Å². The van der Waals surface area contributed by atoms with Gasteiger partial charge in [0.1, 0.15) is 5.69 Å². The maximum atomic E-state index is 11.1. The molecule has 2 aromatic heterocycles. The molecule has 0 radical (unpaired) electrons. The van der Waals surface area contributed by atoms with Gasteiger partial charge in [-0.15, -0.1) is 0 Å². The molecule has 5 nitrogen and oxygen atoms in total. The summed E-state index contributed by atoms with van der Waals surface area (Å²) in [6.07, 6.45) is 3.08. The molecule has 0 aromatic carbocycles. The summed E-state index contributed by atoms with van der Waals surface area (Å²) in [7, 11) is 0. The molecule has 1 N–H and O–H groups in total. The van der Waals surface area contributed by atoms with Gasteiger partial charge in [0, 0.05) is 18.0 Å². The molecule has 0 spiro atoms. The molecule has 0 saturated heterocycles. The summed E-state index contributed by atoms with van der Waals surface area (Å²) in [5, 5.41) is 11.1. The van der Waals surface area contributed by atoms with Gasteiger partial charge in [0.15, 0.2) is 5.76 Å². The van der Waals surface area contributed by atoms with Crippen molar-refractivity contribution < 1.29 is 9.34 Å². The first-order valence-electron chi connectivity index (χ1n) is 4.48. The van der Waals surface area contributed by atoms with E-state index in [1.807, 2.05) is 0 Å². The number of aromatic nitrogens is 1. The lowest BCUT2D eigenvalue weighted by molar-refractivity contribution is -0.565. The third-order valence-corrected chi connectivity index (χ3v) is 2.49. The normalized spacial score (nSPS) is 14.7. The van der Waals surface area contributed by atoms with E-state index in [9.17, 15) is 10.1 Å². The van der Waals surface area contributed by atoms with Crippen molar-refractivity contribution >= 4 is 0 Å². The van der Waals surface area contributed by atoms with Crippen molar-refractivity contribution in [1.29, 1.82) is 0 Å². The molecule has 2 heterocycles. The van der Waals surface area contributed by atoms with E-state index in [0.29, 0.717) is 11.5 Å². The summed E-state index contributed by atoms with van der Waals surface area (Å²) >= 11 is 0. The van der Waals surface area contributed by atoms with Crippen LogP contribution in [0, 0.1) is 10.1 Å². The number of nitro groups is 1. The minimum atomic E-state index is -1.35. The molecular weight excluding hydrogens is 196 g/mol. The van der Waals surface area contributed by atoms with Crippen molar-refractivity contribution in [2.45, 2.75) is 12.5 Å². The van der Waals surface area contributed by atoms with Gasteiger partial charge < -0.3 is 9.40 Å². The number of hydrogen-bond donors (Lipinski definition) is 1. The number of aromatic amines is 1. The molecule has 0 amide bonds. The van der Waals surface area contributed by atoms with Crippen molar-refractivity contribution in [3.63, 3.8) is 0 Å². The summed E-state index contributed by atoms with van der Waals surface area (Å²) < 4.78 is 5.12. The highest BCUT2D eigenvalue weighted by Crippen LogP contribution is 2.31. The van der Waals surface area contributed by atoms with E-state index in [0.717, 1.165) is 0 Å². The zero-order valence-corrected chi connectivity index (χ0v) is 8.14. The largest absolute Gasteiger partial charge is 0.461 e. The fourth-order valence-corrected chi connectivity index (χ4v) is 1.51. The second kappa shape index (κ2) is 3.27. The Morgan fingerprint density at radius 3 is 2.73 bits per heavy atom. The van der Waals surface area contributed by atoms with Crippen LogP contribution in [0.2, 0.25) is 0 Å². The lowest BCUT2D eigenvalue weighted by Gasteiger charge is -2.16. The lowest BCUT2D eigenvalue weighted by Crippen LogP contribution is -2.33. The highest BCUT2D eigenvalue weighted by atomic mass is 16.6. The Kier molecular flexibility index (Phi) is 2.07. The summed E-state index contributed by atoms with van der Waals surface area (Å²) in [5.74, 6) is 0.315. The van der Waals surface area contributed by atoms with Crippen LogP contribution in [0.5, 0.6) is 0 Å². The van der Waals surface area contributed by atoms with E-state index in [1.165, 1.54) is 13.2 Å². The summed E-state index contributed by atoms with van der Waals surface area (Å²) in [6.45, 7) is 1.51. The van der Waals surface area contributed by atoms with Crippen LogP contribution in [-0.2, 0) is 5.54 Å². The van der Waals surface area contributed by atoms with Crippen LogP contribution in [-0.4, -0.2) is 9.91 Å². The second-order valence-corrected chi connectivity index (χ2v) is 3.39. The van der Waals surface area contributed by atoms with E-state index in [4.69, 9.17) is 4.42 Å². The average molecular weight is 206 g/mol. The molecule has 78 valence electrons. The highest BCUT2D eigenvalue weighted by molar-refractivity contribution is 5.24. The van der Waals surface area contributed by atoms with E-state index in [1.54, 1.807) is 30.5 Å². The van der Waals surface area contributed by atoms with Gasteiger partial charge in [-0.05, 0) is 24.3 Å². The maximum Gasteiger partial charge on any atom is 0.315 e. The Morgan fingerprint density at radius 2 is 2.27 bits per heavy atom. The molecule has 2 aromatic rings. The van der Waals surface area contributed by atoms with Crippen LogP contribution in [0.15, 0.2) is 41.1 Å². The maximum absolute atomic E-state index is 11.1. The zero-order chi connectivity index (χ0) is 10.9. The molecule has 1 atom stereocenters. The Bertz CT molecular complexity index is 411. The smallest absolute Gasteiger partial charge is 0.315 e. The van der Waals surface area contributed by atoms with Crippen molar-refractivity contribution in [2.75, 3.05) is 0 Å². The van der Waals surface area contributed by atoms with Gasteiger partial charge >= 0.3 is 5.54 Å². The molecule has 0 aliphatic heterocycles. The monoisotopic (exact) mass is 206 g/mol. The summed E-state index contributed by atoms with van der Waals surface area (Å²) in [5.41, 5.74) is -0.852. The first-order valence-corrected chi connectivity index (χ1v) is 4.48. The minimum Gasteiger partial charge on any atom is -0.461 e. The van der Waals surface area contributed by atoms with Gasteiger partial charge in [0.2, 0.25) is 0 Å². The van der Waals surface area contributed by atoms with Gasteiger partial charge in [-0.3, -0.25) is 10.1 Å². The topological polar surface area (TPSA) is 72.1 Å². The fraction of sp³-hybridized carbons (Fsp3) is 0.200. The number of hydrogen-bond acceptors (Lipinski definition) is 3. The SMILES string of the molecule is CC(c1ccc[nH]1)(c1ccco1)[N+](=O)[O-]. The van der Waals surface area contributed by atoms with E-state index in [-0.39, 0.29) is 4.92 Å². The Balaban J connectivity index is 2.56. The molecular formula is C10H10N2O3. The molecule has 5 heteroatoms. The number of rotatable bonds is 3. The molecule has 0 aliphatic carbocycles. The van der Waals surface area contributed by atoms with Crippen LogP contribution >= 0.6 is 0 Å². The van der Waals surface area contributed by atoms with Crippen LogP contribution < -0.4 is 0 Å². The molecule has 15 heavy (non-hydrogen) atoms. The van der Waals surface area contributed by atoms with Crippen molar-refractivity contribution in [3.8, 4) is 0 Å². The molecule has 0 saturated carbocycles. The standard InChI is InChI=1S/C10H10N2O3/c1-10(12(13)14,8-4-2-6-11-8)9-5-3-7-15-9/h2-7,11H,1H3. The second-order valence-electron chi connectivity index (χ2n) is 3.39. The minimum absolute atomic E-state index is 0.315. The number of nitrogens with zero attached hydrogens (tertiary/aromatic N) is 1. The molecule has 0 aliphatic rings. The highest BCUT2D eigenvalue weighted by Gasteiger charge is 2.45. The van der Waals surface area contributed by atoms with Gasteiger partial charge in [-0.1, -0.05) is 0 Å². The van der Waals surface area contributed by atoms with Crippen molar-refractivity contribution in [1.82, 2.24) is 4.98 Å². The van der Waals surface area contributed by atoms with Gasteiger partial charge in [0.25, 0.3) is 0 Å². The van der Waals surface area contributed by atoms with E-state index < -0.39 is 5.54 Å². The Morgan fingerprint density at radius 1 is 1.47 bits per heavy atom. The third-order valence-electron chi connectivity index (χ3n) is 2.49. The third kappa shape index (κ3) is 1.32. The fourth-order valence-electron chi connectivity index (χ4n) is 1.51. The summed E-state index contributed by atoms with van der Waals surface area (Å²) in [6, 6.07) is 6.63. The number of H-pyrrole nitrogens is 1. The zero-order valence-electron chi connectivity index (χ0n) is 8.14. The van der Waals surface area contributed by atoms with Gasteiger partial charge in [0.05, 0.1) is 6.26 Å². The predicted molar refractivity (Wildman–Crippen MR) is 52.9 cm³/mol. The van der Waals surface area contributed by atoms with Crippen LogP contribution in [0.25, 0.3) is 0 Å². The van der Waals surface area contributed by atoms with Gasteiger partial charge in [-0.2, -0.15) is 0 Å². The lowest BCUT2D eigenvalue weighted by atomic mass is 9.96. The predicted octanol–water partition coefficient (Wildman–Crippen LogP) is 2.15. The van der Waals surface area contributed by atoms with E-state index in [2.05, 4.69) is 4.98 Å². The number of furan rings is 1. The number of nitrogens with one attached hydrogen (secondary N) is 1. The Hall–Kier alpha value is -2.04. The summed E-state index contributed by atoms with van der Waals surface area (Å²) in [4.78, 5) is 13.6. The average Bonchev–Trinajstić information content (AvgIpc) is 2.89. The molecule has 1 unspecified atom stereocenters. The molecule has 0 fully saturated rings. The van der Waals surface area contributed by atoms with Crippen molar-refractivity contribution in [2.24, 2.45) is 0 Å². The Labute approximate surface area is 85.9 Å². The van der Waals surface area contributed by atoms with Crippen LogP contribution in [0.1, 0.15) is 18.4 Å². The van der Waals surface area contributed by atoms with Crippen molar-refractivity contribution in [3.05, 3.63) is 58.3 Å². The molecule has 0 bridgehead atoms. The first-order chi connectivity index (χ1) is 7.15. The molecule has 2 rings (SSSR count). The quantitative estimate of drug-likeness (QED) is 0.617. The van der Waals surface area contributed by atoms with Crippen LogP contribution in [0.3, 0.4) is 0 Å². The van der Waals surface area contributed by atoms with Crippen LogP contribution in [0.4, 0.5) is 0 Å².